The maximum atomic E-state index is 6.02. The van der Waals surface area contributed by atoms with Crippen LogP contribution in [0.2, 0.25) is 5.15 Å². The summed E-state index contributed by atoms with van der Waals surface area (Å²) in [5, 5.41) is 6.58. The van der Waals surface area contributed by atoms with E-state index in [2.05, 4.69) is 27.2 Å². The number of pyridine rings is 2. The van der Waals surface area contributed by atoms with Crippen molar-refractivity contribution in [2.75, 3.05) is 30.0 Å². The lowest BCUT2D eigenvalue weighted by Gasteiger charge is -2.11. The summed E-state index contributed by atoms with van der Waals surface area (Å²) < 4.78 is 0. The fourth-order valence-corrected chi connectivity index (χ4v) is 2.27. The van der Waals surface area contributed by atoms with Crippen molar-refractivity contribution in [3.8, 4) is 0 Å². The van der Waals surface area contributed by atoms with Gasteiger partial charge in [0.1, 0.15) is 5.15 Å². The molecule has 0 spiro atoms. The predicted molar refractivity (Wildman–Crippen MR) is 99.7 cm³/mol. The summed E-state index contributed by atoms with van der Waals surface area (Å²) in [5.74, 6) is 0.583. The molecule has 2 aromatic heterocycles. The monoisotopic (exact) mass is 329 g/mol. The first-order valence-corrected chi connectivity index (χ1v) is 7.65. The predicted octanol–water partition coefficient (Wildman–Crippen LogP) is 3.91. The highest BCUT2D eigenvalue weighted by molar-refractivity contribution is 6.30. The van der Waals surface area contributed by atoms with Gasteiger partial charge in [-0.2, -0.15) is 0 Å². The molecule has 0 aliphatic rings. The highest BCUT2D eigenvalue weighted by atomic mass is 35.5. The molecule has 0 saturated carbocycles. The molecule has 23 heavy (non-hydrogen) atoms. The fourth-order valence-electron chi connectivity index (χ4n) is 2.08. The van der Waals surface area contributed by atoms with E-state index < -0.39 is 0 Å². The van der Waals surface area contributed by atoms with E-state index in [9.17, 15) is 0 Å². The average Bonchev–Trinajstić information content (AvgIpc) is 2.57. The molecule has 2 rings (SSSR count). The molecule has 0 aliphatic heterocycles. The molecule has 0 aromatic carbocycles. The molecule has 120 valence electrons. The number of aromatic nitrogens is 2. The van der Waals surface area contributed by atoms with Gasteiger partial charge < -0.3 is 16.4 Å². The zero-order chi connectivity index (χ0) is 16.7. The minimum absolute atomic E-state index is 0.394. The molecule has 0 amide bonds. The van der Waals surface area contributed by atoms with Crippen LogP contribution in [-0.2, 0) is 0 Å². The van der Waals surface area contributed by atoms with Crippen LogP contribution < -0.4 is 16.4 Å². The first-order chi connectivity index (χ1) is 11.2. The zero-order valence-corrected chi connectivity index (χ0v) is 13.8. The van der Waals surface area contributed by atoms with Gasteiger partial charge in [0.15, 0.2) is 5.82 Å². The second-order valence-electron chi connectivity index (χ2n) is 4.80. The van der Waals surface area contributed by atoms with Gasteiger partial charge in [0.25, 0.3) is 0 Å². The van der Waals surface area contributed by atoms with Gasteiger partial charge in [0.05, 0.1) is 17.1 Å². The quantitative estimate of drug-likeness (QED) is 0.530. The smallest absolute Gasteiger partial charge is 0.153 e. The minimum Gasteiger partial charge on any atom is -0.394 e. The number of hydrogen-bond acceptors (Lipinski definition) is 5. The number of nitrogens with two attached hydrogens (primary N) is 1. The molecule has 0 saturated heterocycles. The SMILES string of the molecule is C=Cc1cccnc1/C=C\CCNc1nc(Cl)cc(NC)c1N. The van der Waals surface area contributed by atoms with Crippen molar-refractivity contribution < 1.29 is 0 Å². The third-order valence-corrected chi connectivity index (χ3v) is 3.46. The summed E-state index contributed by atoms with van der Waals surface area (Å²) in [4.78, 5) is 8.52. The molecule has 2 aromatic rings. The Morgan fingerprint density at radius 1 is 1.43 bits per heavy atom. The highest BCUT2D eigenvalue weighted by Gasteiger charge is 2.07. The Labute approximate surface area is 141 Å². The van der Waals surface area contributed by atoms with Crippen molar-refractivity contribution in [3.63, 3.8) is 0 Å². The van der Waals surface area contributed by atoms with Crippen LogP contribution in [0.15, 0.2) is 37.1 Å². The first-order valence-electron chi connectivity index (χ1n) is 7.27. The van der Waals surface area contributed by atoms with Gasteiger partial charge >= 0.3 is 0 Å². The molecule has 0 unspecified atom stereocenters. The number of halogens is 1. The van der Waals surface area contributed by atoms with Gasteiger partial charge in [-0.15, -0.1) is 0 Å². The fraction of sp³-hybridized carbons (Fsp3) is 0.176. The van der Waals surface area contributed by atoms with Crippen molar-refractivity contribution >= 4 is 40.9 Å². The molecule has 0 radical (unpaired) electrons. The van der Waals surface area contributed by atoms with E-state index in [1.165, 1.54) is 0 Å². The molecular formula is C17H20ClN5. The molecule has 2 heterocycles. The van der Waals surface area contributed by atoms with Gasteiger partial charge in [-0.05, 0) is 24.1 Å². The lowest BCUT2D eigenvalue weighted by Crippen LogP contribution is -2.07. The van der Waals surface area contributed by atoms with E-state index in [0.29, 0.717) is 23.2 Å². The standard InChI is InChI=1S/C17H20ClN5/c1-3-12-7-6-10-21-13(12)8-4-5-9-22-17-16(19)14(20-2)11-15(18)23-17/h3-4,6-8,10-11H,1,5,9,19H2,2H3,(H2,20,22,23)/b8-4-. The number of nitrogen functional groups attached to an aromatic ring is 1. The zero-order valence-electron chi connectivity index (χ0n) is 13.0. The summed E-state index contributed by atoms with van der Waals surface area (Å²) in [5.41, 5.74) is 9.25. The summed E-state index contributed by atoms with van der Waals surface area (Å²) in [6, 6.07) is 5.57. The average molecular weight is 330 g/mol. The van der Waals surface area contributed by atoms with Gasteiger partial charge in [0.2, 0.25) is 0 Å². The lowest BCUT2D eigenvalue weighted by molar-refractivity contribution is 1.05. The van der Waals surface area contributed by atoms with Crippen molar-refractivity contribution in [3.05, 3.63) is 53.5 Å². The Bertz CT molecular complexity index is 712. The van der Waals surface area contributed by atoms with Crippen molar-refractivity contribution in [1.82, 2.24) is 9.97 Å². The number of nitrogens with zero attached hydrogens (tertiary/aromatic N) is 2. The molecule has 0 aliphatic carbocycles. The van der Waals surface area contributed by atoms with Crippen molar-refractivity contribution in [2.45, 2.75) is 6.42 Å². The Morgan fingerprint density at radius 2 is 2.26 bits per heavy atom. The Morgan fingerprint density at radius 3 is 3.00 bits per heavy atom. The number of nitrogens with one attached hydrogen (secondary N) is 2. The Kier molecular flexibility index (Phi) is 6.00. The molecule has 0 bridgehead atoms. The van der Waals surface area contributed by atoms with E-state index in [-0.39, 0.29) is 0 Å². The largest absolute Gasteiger partial charge is 0.394 e. The van der Waals surface area contributed by atoms with Crippen LogP contribution in [0.1, 0.15) is 17.7 Å². The summed E-state index contributed by atoms with van der Waals surface area (Å²) in [6.07, 6.45) is 8.38. The lowest BCUT2D eigenvalue weighted by atomic mass is 10.2. The molecule has 0 fully saturated rings. The van der Waals surface area contributed by atoms with E-state index >= 15 is 0 Å². The molecular weight excluding hydrogens is 310 g/mol. The second kappa shape index (κ2) is 8.19. The molecule has 4 N–H and O–H groups in total. The third kappa shape index (κ3) is 4.47. The van der Waals surface area contributed by atoms with Crippen LogP contribution in [0.4, 0.5) is 17.2 Å². The maximum Gasteiger partial charge on any atom is 0.153 e. The number of rotatable bonds is 7. The highest BCUT2D eigenvalue weighted by Crippen LogP contribution is 2.28. The van der Waals surface area contributed by atoms with Crippen LogP contribution in [0.3, 0.4) is 0 Å². The van der Waals surface area contributed by atoms with E-state index in [0.717, 1.165) is 23.4 Å². The van der Waals surface area contributed by atoms with Crippen LogP contribution in [0.5, 0.6) is 0 Å². The number of hydrogen-bond donors (Lipinski definition) is 3. The summed E-state index contributed by atoms with van der Waals surface area (Å²) >= 11 is 5.98. The van der Waals surface area contributed by atoms with E-state index in [4.69, 9.17) is 17.3 Å². The number of anilines is 3. The molecule has 0 atom stereocenters. The minimum atomic E-state index is 0.394. The van der Waals surface area contributed by atoms with E-state index in [1.54, 1.807) is 25.4 Å². The maximum absolute atomic E-state index is 6.02. The normalized spacial score (nSPS) is 10.7. The second-order valence-corrected chi connectivity index (χ2v) is 5.19. The van der Waals surface area contributed by atoms with E-state index in [1.807, 2.05) is 24.3 Å². The van der Waals surface area contributed by atoms with Crippen molar-refractivity contribution in [1.29, 1.82) is 0 Å². The molecule has 6 heteroatoms. The first kappa shape index (κ1) is 16.8. The summed E-state index contributed by atoms with van der Waals surface area (Å²) in [7, 11) is 1.79. The van der Waals surface area contributed by atoms with Crippen LogP contribution in [-0.4, -0.2) is 23.6 Å². The Balaban J connectivity index is 1.94. The van der Waals surface area contributed by atoms with Gasteiger partial charge in [0, 0.05) is 25.9 Å². The third-order valence-electron chi connectivity index (χ3n) is 3.27. The van der Waals surface area contributed by atoms with Crippen molar-refractivity contribution in [2.24, 2.45) is 0 Å². The van der Waals surface area contributed by atoms with Gasteiger partial charge in [-0.1, -0.05) is 36.4 Å². The topological polar surface area (TPSA) is 75.9 Å². The van der Waals surface area contributed by atoms with Crippen LogP contribution >= 0.6 is 11.6 Å². The van der Waals surface area contributed by atoms with Crippen LogP contribution in [0.25, 0.3) is 12.2 Å². The Hall–Kier alpha value is -2.53. The van der Waals surface area contributed by atoms with Gasteiger partial charge in [-0.25, -0.2) is 4.98 Å². The van der Waals surface area contributed by atoms with Crippen LogP contribution in [0, 0.1) is 0 Å². The summed E-state index contributed by atoms with van der Waals surface area (Å²) in [6.45, 7) is 4.47. The molecule has 5 nitrogen and oxygen atoms in total. The van der Waals surface area contributed by atoms with Gasteiger partial charge in [-0.3, -0.25) is 4.98 Å².